The molecule has 0 aliphatic carbocycles. The second-order valence-corrected chi connectivity index (χ2v) is 8.33. The molecule has 1 N–H and O–H groups in total. The number of hydrogen-bond donors (Lipinski definition) is 1. The lowest BCUT2D eigenvalue weighted by Crippen LogP contribution is -2.46. The molecule has 8 heteroatoms. The van der Waals surface area contributed by atoms with Gasteiger partial charge in [0.15, 0.2) is 12.4 Å². The van der Waals surface area contributed by atoms with Crippen molar-refractivity contribution in [3.8, 4) is 5.75 Å². The molecule has 2 saturated heterocycles. The first kappa shape index (κ1) is 20.8. The highest BCUT2D eigenvalue weighted by atomic mass is 16.5. The fourth-order valence-corrected chi connectivity index (χ4v) is 4.39. The van der Waals surface area contributed by atoms with Crippen molar-refractivity contribution in [2.75, 3.05) is 57.9 Å². The van der Waals surface area contributed by atoms with Gasteiger partial charge in [0.1, 0.15) is 5.75 Å². The Morgan fingerprint density at radius 2 is 1.90 bits per heavy atom. The Kier molecular flexibility index (Phi) is 6.34. The van der Waals surface area contributed by atoms with Gasteiger partial charge in [0.2, 0.25) is 5.91 Å². The number of anilines is 1. The van der Waals surface area contributed by atoms with Gasteiger partial charge in [-0.2, -0.15) is 0 Å². The van der Waals surface area contributed by atoms with Gasteiger partial charge in [-0.05, 0) is 31.0 Å². The van der Waals surface area contributed by atoms with Gasteiger partial charge < -0.3 is 19.7 Å². The van der Waals surface area contributed by atoms with Crippen LogP contribution in [0.4, 0.5) is 5.69 Å². The summed E-state index contributed by atoms with van der Waals surface area (Å²) >= 11 is 0. The number of ether oxygens (including phenoxy) is 2. The van der Waals surface area contributed by atoms with Gasteiger partial charge in [0, 0.05) is 50.1 Å². The van der Waals surface area contributed by atoms with E-state index in [4.69, 9.17) is 9.47 Å². The summed E-state index contributed by atoms with van der Waals surface area (Å²) in [6.45, 7) is 7.15. The molecule has 4 rings (SSSR count). The molecule has 0 spiro atoms. The van der Waals surface area contributed by atoms with Crippen molar-refractivity contribution in [2.45, 2.75) is 19.8 Å². The molecule has 1 aromatic rings. The quantitative estimate of drug-likeness (QED) is 0.732. The molecule has 1 atom stereocenters. The first-order valence-corrected chi connectivity index (χ1v) is 10.7. The number of piperidine rings is 1. The second-order valence-electron chi connectivity index (χ2n) is 8.33. The van der Waals surface area contributed by atoms with E-state index in [1.54, 1.807) is 18.2 Å². The monoisotopic (exact) mass is 415 g/mol. The SMILES string of the molecule is CC(CN1CCOCC1)C(=O)N1CCC(C(=O)c2ccc3c(c2)NC(=O)CO3)CC1. The van der Waals surface area contributed by atoms with Crippen LogP contribution in [0.2, 0.25) is 0 Å². The summed E-state index contributed by atoms with van der Waals surface area (Å²) in [6, 6.07) is 5.17. The number of amides is 2. The van der Waals surface area contributed by atoms with E-state index in [9.17, 15) is 14.4 Å². The normalized spacial score (nSPS) is 21.4. The fraction of sp³-hybridized carbons (Fsp3) is 0.591. The smallest absolute Gasteiger partial charge is 0.262 e. The number of fused-ring (bicyclic) bond motifs is 1. The van der Waals surface area contributed by atoms with Crippen LogP contribution in [0.5, 0.6) is 5.75 Å². The van der Waals surface area contributed by atoms with Gasteiger partial charge >= 0.3 is 0 Å². The Morgan fingerprint density at radius 3 is 2.63 bits per heavy atom. The van der Waals surface area contributed by atoms with Crippen molar-refractivity contribution in [2.24, 2.45) is 11.8 Å². The average molecular weight is 415 g/mol. The number of likely N-dealkylation sites (tertiary alicyclic amines) is 1. The number of carbonyl (C=O) groups excluding carboxylic acids is 3. The highest BCUT2D eigenvalue weighted by molar-refractivity contribution is 6.01. The number of benzene rings is 1. The maximum atomic E-state index is 13.0. The third kappa shape index (κ3) is 4.65. The number of nitrogens with one attached hydrogen (secondary N) is 1. The van der Waals surface area contributed by atoms with Crippen molar-refractivity contribution < 1.29 is 23.9 Å². The Morgan fingerprint density at radius 1 is 1.17 bits per heavy atom. The van der Waals surface area contributed by atoms with Gasteiger partial charge in [-0.3, -0.25) is 19.3 Å². The highest BCUT2D eigenvalue weighted by Gasteiger charge is 2.31. The highest BCUT2D eigenvalue weighted by Crippen LogP contribution is 2.31. The number of Topliss-reactive ketones (excluding diaryl/α,β-unsaturated/α-hetero) is 1. The van der Waals surface area contributed by atoms with Crippen LogP contribution < -0.4 is 10.1 Å². The summed E-state index contributed by atoms with van der Waals surface area (Å²) in [4.78, 5) is 41.5. The number of morpholine rings is 1. The minimum absolute atomic E-state index is 0.00323. The predicted molar refractivity (Wildman–Crippen MR) is 111 cm³/mol. The summed E-state index contributed by atoms with van der Waals surface area (Å²) in [5.74, 6) is 0.430. The standard InChI is InChI=1S/C22H29N3O5/c1-15(13-24-8-10-29-11-9-24)22(28)25-6-4-16(5-7-25)21(27)17-2-3-19-18(12-17)23-20(26)14-30-19/h2-3,12,15-16H,4-11,13-14H2,1H3,(H,23,26). The summed E-state index contributed by atoms with van der Waals surface area (Å²) in [6.07, 6.45) is 1.32. The zero-order valence-electron chi connectivity index (χ0n) is 17.4. The first-order chi connectivity index (χ1) is 14.5. The largest absolute Gasteiger partial charge is 0.482 e. The molecule has 0 saturated carbocycles. The average Bonchev–Trinajstić information content (AvgIpc) is 2.78. The van der Waals surface area contributed by atoms with Gasteiger partial charge in [-0.1, -0.05) is 6.92 Å². The lowest BCUT2D eigenvalue weighted by molar-refractivity contribution is -0.137. The topological polar surface area (TPSA) is 88.2 Å². The fourth-order valence-electron chi connectivity index (χ4n) is 4.39. The Labute approximate surface area is 176 Å². The third-order valence-electron chi connectivity index (χ3n) is 6.13. The predicted octanol–water partition coefficient (Wildman–Crippen LogP) is 1.41. The molecule has 1 aromatic carbocycles. The van der Waals surface area contributed by atoms with E-state index >= 15 is 0 Å². The summed E-state index contributed by atoms with van der Waals surface area (Å²) in [7, 11) is 0. The molecule has 8 nitrogen and oxygen atoms in total. The van der Waals surface area contributed by atoms with E-state index in [0.717, 1.165) is 32.8 Å². The number of ketones is 1. The Balaban J connectivity index is 1.30. The van der Waals surface area contributed by atoms with E-state index in [1.807, 2.05) is 11.8 Å². The molecular formula is C22H29N3O5. The van der Waals surface area contributed by atoms with Gasteiger partial charge in [-0.25, -0.2) is 0 Å². The molecule has 0 bridgehead atoms. The molecule has 2 amide bonds. The van der Waals surface area contributed by atoms with E-state index in [0.29, 0.717) is 42.9 Å². The van der Waals surface area contributed by atoms with E-state index in [1.165, 1.54) is 0 Å². The van der Waals surface area contributed by atoms with E-state index < -0.39 is 0 Å². The number of nitrogens with zero attached hydrogens (tertiary/aromatic N) is 2. The van der Waals surface area contributed by atoms with Crippen LogP contribution in [0.25, 0.3) is 0 Å². The molecule has 3 aliphatic heterocycles. The van der Waals surface area contributed by atoms with Crippen molar-refractivity contribution in [3.05, 3.63) is 23.8 Å². The maximum Gasteiger partial charge on any atom is 0.262 e. The lowest BCUT2D eigenvalue weighted by Gasteiger charge is -2.35. The zero-order chi connectivity index (χ0) is 21.1. The molecule has 162 valence electrons. The molecule has 3 heterocycles. The van der Waals surface area contributed by atoms with Gasteiger partial charge in [0.05, 0.1) is 18.9 Å². The van der Waals surface area contributed by atoms with Gasteiger partial charge in [-0.15, -0.1) is 0 Å². The Bertz CT molecular complexity index is 813. The Hall–Kier alpha value is -2.45. The molecule has 30 heavy (non-hydrogen) atoms. The molecule has 3 aliphatic rings. The van der Waals surface area contributed by atoms with Crippen molar-refractivity contribution in [1.82, 2.24) is 9.80 Å². The van der Waals surface area contributed by atoms with Crippen LogP contribution >= 0.6 is 0 Å². The van der Waals surface area contributed by atoms with E-state index in [-0.39, 0.29) is 36.0 Å². The van der Waals surface area contributed by atoms with Crippen LogP contribution in [-0.2, 0) is 14.3 Å². The van der Waals surface area contributed by atoms with Crippen LogP contribution in [-0.4, -0.2) is 79.9 Å². The zero-order valence-corrected chi connectivity index (χ0v) is 17.4. The van der Waals surface area contributed by atoms with E-state index in [2.05, 4.69) is 10.2 Å². The van der Waals surface area contributed by atoms with Crippen molar-refractivity contribution >= 4 is 23.3 Å². The second kappa shape index (κ2) is 9.14. The number of rotatable bonds is 5. The van der Waals surface area contributed by atoms with Crippen LogP contribution in [0.15, 0.2) is 18.2 Å². The summed E-state index contributed by atoms with van der Waals surface area (Å²) < 4.78 is 10.7. The molecule has 2 fully saturated rings. The van der Waals surface area contributed by atoms with Crippen LogP contribution in [0.1, 0.15) is 30.1 Å². The lowest BCUT2D eigenvalue weighted by atomic mass is 9.88. The van der Waals surface area contributed by atoms with Crippen LogP contribution in [0.3, 0.4) is 0 Å². The minimum atomic E-state index is -0.217. The number of carbonyl (C=O) groups is 3. The minimum Gasteiger partial charge on any atom is -0.482 e. The first-order valence-electron chi connectivity index (χ1n) is 10.7. The van der Waals surface area contributed by atoms with Gasteiger partial charge in [0.25, 0.3) is 5.91 Å². The van der Waals surface area contributed by atoms with Crippen molar-refractivity contribution in [1.29, 1.82) is 0 Å². The summed E-state index contributed by atoms with van der Waals surface area (Å²) in [5, 5.41) is 2.75. The van der Waals surface area contributed by atoms with Crippen LogP contribution in [0, 0.1) is 11.8 Å². The van der Waals surface area contributed by atoms with Crippen molar-refractivity contribution in [3.63, 3.8) is 0 Å². The third-order valence-corrected chi connectivity index (χ3v) is 6.13. The molecule has 0 radical (unpaired) electrons. The molecule has 0 aromatic heterocycles. The maximum absolute atomic E-state index is 13.0. The molecular weight excluding hydrogens is 386 g/mol. The number of hydrogen-bond acceptors (Lipinski definition) is 6. The summed E-state index contributed by atoms with van der Waals surface area (Å²) in [5.41, 5.74) is 1.12. The molecule has 1 unspecified atom stereocenters.